The maximum atomic E-state index is 12.7. The van der Waals surface area contributed by atoms with Gasteiger partial charge in [0.2, 0.25) is 0 Å². The van der Waals surface area contributed by atoms with Crippen LogP contribution in [0.4, 0.5) is 5.69 Å². The van der Waals surface area contributed by atoms with Crippen LogP contribution in [0.2, 0.25) is 0 Å². The number of phenolic OH excluding ortho intramolecular Hbond substituents is 1. The van der Waals surface area contributed by atoms with E-state index in [0.29, 0.717) is 4.88 Å². The van der Waals surface area contributed by atoms with Crippen molar-refractivity contribution in [1.29, 1.82) is 0 Å². The molecule has 116 valence electrons. The van der Waals surface area contributed by atoms with Crippen molar-refractivity contribution >= 4 is 22.9 Å². The molecule has 1 N–H and O–H groups in total. The number of aromatic nitrogens is 1. The zero-order valence-electron chi connectivity index (χ0n) is 12.9. The Balaban J connectivity index is 1.86. The minimum absolute atomic E-state index is 0.0816. The molecule has 3 rings (SSSR count). The normalized spacial score (nSPS) is 10.5. The summed E-state index contributed by atoms with van der Waals surface area (Å²) < 4.78 is 0. The quantitative estimate of drug-likeness (QED) is 0.789. The molecule has 2 aromatic carbocycles. The lowest BCUT2D eigenvalue weighted by Crippen LogP contribution is -2.26. The fourth-order valence-corrected chi connectivity index (χ4v) is 3.22. The summed E-state index contributed by atoms with van der Waals surface area (Å²) in [5.41, 5.74) is 2.81. The lowest BCUT2D eigenvalue weighted by atomic mass is 10.2. The molecule has 0 saturated heterocycles. The Kier molecular flexibility index (Phi) is 4.12. The number of hydrogen-bond donors (Lipinski definition) is 1. The highest BCUT2D eigenvalue weighted by Crippen LogP contribution is 2.28. The number of hydrogen-bond acceptors (Lipinski definition) is 4. The van der Waals surface area contributed by atoms with E-state index in [1.807, 2.05) is 31.2 Å². The molecule has 5 heteroatoms. The van der Waals surface area contributed by atoms with E-state index in [1.165, 1.54) is 11.3 Å². The molecule has 0 saturated carbocycles. The SMILES string of the molecule is Cc1ccccc1N(C)C(=O)c1cnc(-c2ccc(O)cc2)s1. The van der Waals surface area contributed by atoms with Gasteiger partial charge < -0.3 is 10.0 Å². The maximum absolute atomic E-state index is 12.7. The van der Waals surface area contributed by atoms with E-state index in [4.69, 9.17) is 0 Å². The van der Waals surface area contributed by atoms with Crippen LogP contribution in [0.1, 0.15) is 15.2 Å². The molecule has 0 aliphatic rings. The topological polar surface area (TPSA) is 53.4 Å². The van der Waals surface area contributed by atoms with E-state index in [0.717, 1.165) is 21.8 Å². The van der Waals surface area contributed by atoms with Crippen LogP contribution in [-0.4, -0.2) is 23.0 Å². The van der Waals surface area contributed by atoms with Crippen molar-refractivity contribution in [3.63, 3.8) is 0 Å². The van der Waals surface area contributed by atoms with Crippen molar-refractivity contribution in [3.05, 3.63) is 65.2 Å². The maximum Gasteiger partial charge on any atom is 0.269 e. The number of para-hydroxylation sites is 1. The summed E-state index contributed by atoms with van der Waals surface area (Å²) in [5, 5.41) is 10.1. The largest absolute Gasteiger partial charge is 0.508 e. The highest BCUT2D eigenvalue weighted by molar-refractivity contribution is 7.17. The van der Waals surface area contributed by atoms with Gasteiger partial charge in [0.15, 0.2) is 0 Å². The molecule has 0 aliphatic heterocycles. The van der Waals surface area contributed by atoms with Gasteiger partial charge in [-0.25, -0.2) is 4.98 Å². The molecule has 0 aliphatic carbocycles. The Labute approximate surface area is 138 Å². The van der Waals surface area contributed by atoms with Gasteiger partial charge >= 0.3 is 0 Å². The monoisotopic (exact) mass is 324 g/mol. The average Bonchev–Trinajstić information content (AvgIpc) is 3.04. The lowest BCUT2D eigenvalue weighted by Gasteiger charge is -2.18. The van der Waals surface area contributed by atoms with Gasteiger partial charge in [0.05, 0.1) is 6.20 Å². The molecular weight excluding hydrogens is 308 g/mol. The molecule has 4 nitrogen and oxygen atoms in total. The van der Waals surface area contributed by atoms with Gasteiger partial charge in [-0.1, -0.05) is 18.2 Å². The third-order valence-electron chi connectivity index (χ3n) is 3.61. The summed E-state index contributed by atoms with van der Waals surface area (Å²) in [6.07, 6.45) is 1.60. The van der Waals surface area contributed by atoms with E-state index < -0.39 is 0 Å². The third-order valence-corrected chi connectivity index (χ3v) is 4.65. The lowest BCUT2D eigenvalue weighted by molar-refractivity contribution is 0.0996. The van der Waals surface area contributed by atoms with Gasteiger partial charge in [-0.3, -0.25) is 4.79 Å². The van der Waals surface area contributed by atoms with Crippen LogP contribution in [-0.2, 0) is 0 Å². The van der Waals surface area contributed by atoms with Crippen LogP contribution >= 0.6 is 11.3 Å². The molecule has 1 aromatic heterocycles. The Morgan fingerprint density at radius 2 is 1.83 bits per heavy atom. The number of carbonyl (C=O) groups is 1. The molecule has 0 radical (unpaired) electrons. The molecular formula is C18H16N2O2S. The number of anilines is 1. The Bertz CT molecular complexity index is 840. The van der Waals surface area contributed by atoms with Crippen molar-refractivity contribution < 1.29 is 9.90 Å². The number of rotatable bonds is 3. The standard InChI is InChI=1S/C18H16N2O2S/c1-12-5-3-4-6-15(12)20(2)18(22)16-11-19-17(23-16)13-7-9-14(21)10-8-13/h3-11,21H,1-2H3. The van der Waals surface area contributed by atoms with Crippen LogP contribution in [0.25, 0.3) is 10.6 Å². The van der Waals surface area contributed by atoms with Crippen molar-refractivity contribution in [3.8, 4) is 16.3 Å². The van der Waals surface area contributed by atoms with Gasteiger partial charge in [-0.2, -0.15) is 0 Å². The van der Waals surface area contributed by atoms with E-state index in [-0.39, 0.29) is 11.7 Å². The van der Waals surface area contributed by atoms with Crippen LogP contribution in [0, 0.1) is 6.92 Å². The van der Waals surface area contributed by atoms with Crippen LogP contribution in [0.15, 0.2) is 54.7 Å². The number of benzene rings is 2. The van der Waals surface area contributed by atoms with Crippen molar-refractivity contribution in [2.24, 2.45) is 0 Å². The molecule has 0 unspecified atom stereocenters. The van der Waals surface area contributed by atoms with Crippen molar-refractivity contribution in [2.75, 3.05) is 11.9 Å². The Morgan fingerprint density at radius 1 is 1.13 bits per heavy atom. The fourth-order valence-electron chi connectivity index (χ4n) is 2.32. The van der Waals surface area contributed by atoms with Gasteiger partial charge in [0.1, 0.15) is 15.6 Å². The van der Waals surface area contributed by atoms with Crippen LogP contribution in [0.5, 0.6) is 5.75 Å². The predicted molar refractivity (Wildman–Crippen MR) is 93.1 cm³/mol. The highest BCUT2D eigenvalue weighted by atomic mass is 32.1. The molecule has 0 atom stereocenters. The van der Waals surface area contributed by atoms with Gasteiger partial charge in [0.25, 0.3) is 5.91 Å². The summed E-state index contributed by atoms with van der Waals surface area (Å²) in [6, 6.07) is 14.6. The van der Waals surface area contributed by atoms with Gasteiger partial charge in [-0.05, 0) is 42.8 Å². The first kappa shape index (κ1) is 15.2. The van der Waals surface area contributed by atoms with E-state index in [9.17, 15) is 9.90 Å². The highest BCUT2D eigenvalue weighted by Gasteiger charge is 2.18. The fraction of sp³-hybridized carbons (Fsp3) is 0.111. The molecule has 1 heterocycles. The summed E-state index contributed by atoms with van der Waals surface area (Å²) >= 11 is 1.34. The first-order chi connectivity index (χ1) is 11.1. The molecule has 23 heavy (non-hydrogen) atoms. The van der Waals surface area contributed by atoms with Crippen molar-refractivity contribution in [1.82, 2.24) is 4.98 Å². The number of phenols is 1. The molecule has 0 bridgehead atoms. The van der Waals surface area contributed by atoms with E-state index in [2.05, 4.69) is 4.98 Å². The minimum Gasteiger partial charge on any atom is -0.508 e. The smallest absolute Gasteiger partial charge is 0.269 e. The van der Waals surface area contributed by atoms with Crippen molar-refractivity contribution in [2.45, 2.75) is 6.92 Å². The molecule has 0 fully saturated rings. The van der Waals surface area contributed by atoms with Gasteiger partial charge in [-0.15, -0.1) is 11.3 Å². The van der Waals surface area contributed by atoms with E-state index in [1.54, 1.807) is 42.4 Å². The summed E-state index contributed by atoms with van der Waals surface area (Å²) in [6.45, 7) is 1.98. The predicted octanol–water partition coefficient (Wildman–Crippen LogP) is 4.10. The number of aromatic hydroxyl groups is 1. The first-order valence-corrected chi connectivity index (χ1v) is 7.97. The van der Waals surface area contributed by atoms with Gasteiger partial charge in [0, 0.05) is 18.3 Å². The summed E-state index contributed by atoms with van der Waals surface area (Å²) in [5.74, 6) is 0.128. The zero-order valence-corrected chi connectivity index (χ0v) is 13.7. The van der Waals surface area contributed by atoms with Crippen LogP contribution < -0.4 is 4.90 Å². The third kappa shape index (κ3) is 3.10. The van der Waals surface area contributed by atoms with E-state index >= 15 is 0 Å². The average molecular weight is 324 g/mol. The number of aryl methyl sites for hydroxylation is 1. The number of thiazole rings is 1. The molecule has 1 amide bonds. The second-order valence-electron chi connectivity index (χ2n) is 5.23. The number of nitrogens with zero attached hydrogens (tertiary/aromatic N) is 2. The Morgan fingerprint density at radius 3 is 2.52 bits per heavy atom. The second kappa shape index (κ2) is 6.22. The molecule has 0 spiro atoms. The Hall–Kier alpha value is -2.66. The summed E-state index contributed by atoms with van der Waals surface area (Å²) in [4.78, 5) is 19.2. The first-order valence-electron chi connectivity index (χ1n) is 7.15. The number of amides is 1. The minimum atomic E-state index is -0.0816. The van der Waals surface area contributed by atoms with Crippen LogP contribution in [0.3, 0.4) is 0 Å². The molecule has 3 aromatic rings. The summed E-state index contributed by atoms with van der Waals surface area (Å²) in [7, 11) is 1.77. The second-order valence-corrected chi connectivity index (χ2v) is 6.26. The zero-order chi connectivity index (χ0) is 16.4. The number of carbonyl (C=O) groups excluding carboxylic acids is 1.